The lowest BCUT2D eigenvalue weighted by atomic mass is 10.0. The van der Waals surface area contributed by atoms with Crippen molar-refractivity contribution in [3.8, 4) is 0 Å². The van der Waals surface area contributed by atoms with Crippen molar-refractivity contribution < 1.29 is 9.59 Å². The first-order valence-electron chi connectivity index (χ1n) is 7.92. The molecule has 2 amide bonds. The molecule has 1 atom stereocenters. The first kappa shape index (κ1) is 18.9. The second kappa shape index (κ2) is 9.13. The van der Waals surface area contributed by atoms with Gasteiger partial charge in [-0.05, 0) is 35.7 Å². The zero-order valence-electron chi connectivity index (χ0n) is 14.1. The highest BCUT2D eigenvalue weighted by molar-refractivity contribution is 9.10. The number of carbonyl (C=O) groups is 2. The predicted octanol–water partition coefficient (Wildman–Crippen LogP) is 3.35. The smallest absolute Gasteiger partial charge is 0.262 e. The summed E-state index contributed by atoms with van der Waals surface area (Å²) in [6.45, 7) is 3.74. The Hall–Kier alpha value is -2.47. The van der Waals surface area contributed by atoms with Gasteiger partial charge in [0.1, 0.15) is 6.04 Å². The Kier molecular flexibility index (Phi) is 6.89. The summed E-state index contributed by atoms with van der Waals surface area (Å²) in [5.41, 5.74) is 3.86. The zero-order chi connectivity index (χ0) is 18.2. The second-order valence-corrected chi connectivity index (χ2v) is 6.76. The standard InChI is InChI=1S/C19H20BrN3O2/c1-13(2)17(22-18(24)15-6-4-3-5-7-15)19(25)23-21-12-14-8-10-16(20)11-9-14/h3-13,17H,1-2H3,(H,22,24)(H,23,25)/b21-12-/t17-/m1/s1. The molecule has 0 aromatic heterocycles. The van der Waals surface area contributed by atoms with Crippen molar-refractivity contribution in [1.29, 1.82) is 0 Å². The number of amides is 2. The van der Waals surface area contributed by atoms with E-state index in [1.54, 1.807) is 30.5 Å². The highest BCUT2D eigenvalue weighted by atomic mass is 79.9. The van der Waals surface area contributed by atoms with E-state index in [-0.39, 0.29) is 17.7 Å². The van der Waals surface area contributed by atoms with Gasteiger partial charge in [-0.15, -0.1) is 0 Å². The van der Waals surface area contributed by atoms with Gasteiger partial charge in [-0.2, -0.15) is 5.10 Å². The summed E-state index contributed by atoms with van der Waals surface area (Å²) in [5.74, 6) is -0.713. The van der Waals surface area contributed by atoms with Crippen LogP contribution in [-0.2, 0) is 4.79 Å². The quantitative estimate of drug-likeness (QED) is 0.575. The predicted molar refractivity (Wildman–Crippen MR) is 102 cm³/mol. The van der Waals surface area contributed by atoms with Gasteiger partial charge in [0.2, 0.25) is 0 Å². The first-order chi connectivity index (χ1) is 12.0. The van der Waals surface area contributed by atoms with Crippen LogP contribution in [-0.4, -0.2) is 24.1 Å². The van der Waals surface area contributed by atoms with Gasteiger partial charge in [-0.1, -0.05) is 60.1 Å². The topological polar surface area (TPSA) is 70.6 Å². The summed E-state index contributed by atoms with van der Waals surface area (Å²) in [5, 5.41) is 6.72. The molecule has 0 aliphatic rings. The van der Waals surface area contributed by atoms with Gasteiger partial charge < -0.3 is 5.32 Å². The average molecular weight is 402 g/mol. The Bertz CT molecular complexity index is 743. The van der Waals surface area contributed by atoms with E-state index in [4.69, 9.17) is 0 Å². The molecule has 130 valence electrons. The Balaban J connectivity index is 1.98. The summed E-state index contributed by atoms with van der Waals surface area (Å²) >= 11 is 3.36. The second-order valence-electron chi connectivity index (χ2n) is 5.85. The van der Waals surface area contributed by atoms with Crippen molar-refractivity contribution >= 4 is 34.0 Å². The van der Waals surface area contributed by atoms with Crippen molar-refractivity contribution in [2.24, 2.45) is 11.0 Å². The van der Waals surface area contributed by atoms with E-state index in [9.17, 15) is 9.59 Å². The van der Waals surface area contributed by atoms with Crippen LogP contribution in [0.25, 0.3) is 0 Å². The molecule has 5 nitrogen and oxygen atoms in total. The van der Waals surface area contributed by atoms with Crippen LogP contribution in [0.5, 0.6) is 0 Å². The van der Waals surface area contributed by atoms with Gasteiger partial charge in [-0.3, -0.25) is 9.59 Å². The minimum atomic E-state index is -0.672. The first-order valence-corrected chi connectivity index (χ1v) is 8.71. The number of nitrogens with zero attached hydrogens (tertiary/aromatic N) is 1. The van der Waals surface area contributed by atoms with E-state index < -0.39 is 6.04 Å². The zero-order valence-corrected chi connectivity index (χ0v) is 15.7. The van der Waals surface area contributed by atoms with Gasteiger partial charge in [0, 0.05) is 10.0 Å². The lowest BCUT2D eigenvalue weighted by Crippen LogP contribution is -2.48. The number of hydrazone groups is 1. The fourth-order valence-electron chi connectivity index (χ4n) is 2.14. The number of nitrogens with one attached hydrogen (secondary N) is 2. The van der Waals surface area contributed by atoms with Crippen LogP contribution in [0.4, 0.5) is 0 Å². The number of rotatable bonds is 6. The van der Waals surface area contributed by atoms with Crippen LogP contribution in [0.3, 0.4) is 0 Å². The molecule has 2 N–H and O–H groups in total. The largest absolute Gasteiger partial charge is 0.340 e. The lowest BCUT2D eigenvalue weighted by Gasteiger charge is -2.20. The number of halogens is 1. The number of hydrogen-bond donors (Lipinski definition) is 2. The van der Waals surface area contributed by atoms with Gasteiger partial charge in [0.25, 0.3) is 11.8 Å². The molecular formula is C19H20BrN3O2. The Morgan fingerprint density at radius 3 is 2.28 bits per heavy atom. The van der Waals surface area contributed by atoms with E-state index in [2.05, 4.69) is 31.8 Å². The SMILES string of the molecule is CC(C)[C@@H](NC(=O)c1ccccc1)C(=O)N/N=C\c1ccc(Br)cc1. The molecule has 0 fully saturated rings. The molecule has 2 rings (SSSR count). The molecule has 0 saturated heterocycles. The minimum Gasteiger partial charge on any atom is -0.340 e. The molecule has 0 heterocycles. The Labute approximate surface area is 155 Å². The highest BCUT2D eigenvalue weighted by Gasteiger charge is 2.24. The van der Waals surface area contributed by atoms with Gasteiger partial charge >= 0.3 is 0 Å². The maximum absolute atomic E-state index is 12.3. The fourth-order valence-corrected chi connectivity index (χ4v) is 2.40. The van der Waals surface area contributed by atoms with Crippen molar-refractivity contribution in [2.75, 3.05) is 0 Å². The molecule has 2 aromatic carbocycles. The normalized spacial score (nSPS) is 12.2. The third-order valence-electron chi connectivity index (χ3n) is 3.53. The summed E-state index contributed by atoms with van der Waals surface area (Å²) in [6.07, 6.45) is 1.56. The third kappa shape index (κ3) is 5.83. The van der Waals surface area contributed by atoms with Crippen LogP contribution in [0.15, 0.2) is 64.2 Å². The molecule has 0 bridgehead atoms. The summed E-state index contributed by atoms with van der Waals surface area (Å²) < 4.78 is 0.970. The third-order valence-corrected chi connectivity index (χ3v) is 4.06. The van der Waals surface area contributed by atoms with Crippen LogP contribution < -0.4 is 10.7 Å². The minimum absolute atomic E-state index is 0.0736. The van der Waals surface area contributed by atoms with Crippen LogP contribution in [0, 0.1) is 5.92 Å². The molecular weight excluding hydrogens is 382 g/mol. The Morgan fingerprint density at radius 2 is 1.68 bits per heavy atom. The van der Waals surface area contributed by atoms with Gasteiger partial charge in [0.05, 0.1) is 6.21 Å². The van der Waals surface area contributed by atoms with E-state index in [0.29, 0.717) is 5.56 Å². The fraction of sp³-hybridized carbons (Fsp3) is 0.211. The molecule has 0 aliphatic heterocycles. The molecule has 0 unspecified atom stereocenters. The van der Waals surface area contributed by atoms with E-state index in [1.165, 1.54) is 0 Å². The summed E-state index contributed by atoms with van der Waals surface area (Å²) in [7, 11) is 0. The maximum Gasteiger partial charge on any atom is 0.262 e. The van der Waals surface area contributed by atoms with Crippen molar-refractivity contribution in [3.05, 3.63) is 70.2 Å². The van der Waals surface area contributed by atoms with E-state index >= 15 is 0 Å². The Morgan fingerprint density at radius 1 is 1.04 bits per heavy atom. The van der Waals surface area contributed by atoms with E-state index in [0.717, 1.165) is 10.0 Å². The molecule has 6 heteroatoms. The van der Waals surface area contributed by atoms with Crippen LogP contribution in [0.2, 0.25) is 0 Å². The lowest BCUT2D eigenvalue weighted by molar-refractivity contribution is -0.123. The van der Waals surface area contributed by atoms with Crippen molar-refractivity contribution in [3.63, 3.8) is 0 Å². The highest BCUT2D eigenvalue weighted by Crippen LogP contribution is 2.09. The molecule has 25 heavy (non-hydrogen) atoms. The summed E-state index contributed by atoms with van der Waals surface area (Å²) in [6, 6.07) is 15.7. The number of hydrogen-bond acceptors (Lipinski definition) is 3. The number of carbonyl (C=O) groups excluding carboxylic acids is 2. The van der Waals surface area contributed by atoms with E-state index in [1.807, 2.05) is 44.2 Å². The van der Waals surface area contributed by atoms with Gasteiger partial charge in [-0.25, -0.2) is 5.43 Å². The van der Waals surface area contributed by atoms with Crippen LogP contribution >= 0.6 is 15.9 Å². The molecule has 0 aliphatic carbocycles. The van der Waals surface area contributed by atoms with Gasteiger partial charge in [0.15, 0.2) is 0 Å². The molecule has 2 aromatic rings. The van der Waals surface area contributed by atoms with Crippen molar-refractivity contribution in [1.82, 2.24) is 10.7 Å². The number of benzene rings is 2. The molecule has 0 saturated carbocycles. The van der Waals surface area contributed by atoms with Crippen molar-refractivity contribution in [2.45, 2.75) is 19.9 Å². The maximum atomic E-state index is 12.3. The average Bonchev–Trinajstić information content (AvgIpc) is 2.61. The molecule has 0 radical (unpaired) electrons. The van der Waals surface area contributed by atoms with Crippen LogP contribution in [0.1, 0.15) is 29.8 Å². The summed E-state index contributed by atoms with van der Waals surface area (Å²) in [4.78, 5) is 24.6. The molecule has 0 spiro atoms. The monoisotopic (exact) mass is 401 g/mol.